The molecule has 19 heavy (non-hydrogen) atoms. The van der Waals surface area contributed by atoms with Gasteiger partial charge in [-0.2, -0.15) is 5.10 Å². The summed E-state index contributed by atoms with van der Waals surface area (Å²) in [7, 11) is 0. The van der Waals surface area contributed by atoms with Crippen molar-refractivity contribution in [2.24, 2.45) is 0 Å². The van der Waals surface area contributed by atoms with Gasteiger partial charge in [-0.1, -0.05) is 0 Å². The van der Waals surface area contributed by atoms with Gasteiger partial charge in [0.15, 0.2) is 0 Å². The first-order valence-corrected chi connectivity index (χ1v) is 6.99. The van der Waals surface area contributed by atoms with Crippen molar-refractivity contribution in [1.29, 1.82) is 0 Å². The Kier molecular flexibility index (Phi) is 3.52. The Hall–Kier alpha value is -1.40. The second-order valence-electron chi connectivity index (χ2n) is 5.38. The monoisotopic (exact) mass is 263 g/mol. The number of carbonyl (C=O) groups excluding carboxylic acids is 1. The Balaban J connectivity index is 1.58. The van der Waals surface area contributed by atoms with Gasteiger partial charge in [-0.15, -0.1) is 0 Å². The van der Waals surface area contributed by atoms with E-state index >= 15 is 0 Å². The third-order valence-corrected chi connectivity index (χ3v) is 4.21. The minimum absolute atomic E-state index is 0.107. The van der Waals surface area contributed by atoms with E-state index in [2.05, 4.69) is 20.4 Å². The predicted molar refractivity (Wildman–Crippen MR) is 72.1 cm³/mol. The highest BCUT2D eigenvalue weighted by molar-refractivity contribution is 5.95. The molecule has 1 aromatic rings. The molecule has 1 amide bonds. The molecule has 3 rings (SSSR count). The van der Waals surface area contributed by atoms with E-state index in [0.29, 0.717) is 11.6 Å². The molecule has 2 N–H and O–H groups in total. The number of rotatable bonds is 2. The Morgan fingerprint density at radius 3 is 2.74 bits per heavy atom. The second-order valence-corrected chi connectivity index (χ2v) is 5.38. The number of aromatic nitrogens is 2. The highest BCUT2D eigenvalue weighted by Gasteiger charge is 2.28. The van der Waals surface area contributed by atoms with Crippen LogP contribution in [0.25, 0.3) is 0 Å². The summed E-state index contributed by atoms with van der Waals surface area (Å²) in [5, 5.41) is 10.1. The van der Waals surface area contributed by atoms with Crippen LogP contribution in [0.1, 0.15) is 22.5 Å². The summed E-state index contributed by atoms with van der Waals surface area (Å²) in [6.45, 7) is 7.71. The third kappa shape index (κ3) is 2.50. The number of hydrogen-bond donors (Lipinski definition) is 2. The van der Waals surface area contributed by atoms with Gasteiger partial charge in [-0.25, -0.2) is 0 Å². The summed E-state index contributed by atoms with van der Waals surface area (Å²) >= 11 is 0. The van der Waals surface area contributed by atoms with Crippen molar-refractivity contribution in [3.8, 4) is 0 Å². The van der Waals surface area contributed by atoms with Crippen molar-refractivity contribution >= 4 is 5.91 Å². The van der Waals surface area contributed by atoms with Crippen molar-refractivity contribution < 1.29 is 4.79 Å². The molecule has 0 bridgehead atoms. The molecule has 6 nitrogen and oxygen atoms in total. The van der Waals surface area contributed by atoms with Gasteiger partial charge in [0.1, 0.15) is 0 Å². The lowest BCUT2D eigenvalue weighted by atomic mass is 10.1. The fraction of sp³-hybridized carbons (Fsp3) is 0.692. The summed E-state index contributed by atoms with van der Waals surface area (Å²) in [4.78, 5) is 16.8. The molecule has 0 spiro atoms. The van der Waals surface area contributed by atoms with E-state index in [1.54, 1.807) is 6.20 Å². The number of nitrogens with zero attached hydrogens (tertiary/aromatic N) is 3. The van der Waals surface area contributed by atoms with Crippen LogP contribution in [0.5, 0.6) is 0 Å². The van der Waals surface area contributed by atoms with E-state index in [4.69, 9.17) is 0 Å². The molecule has 2 saturated heterocycles. The first-order valence-electron chi connectivity index (χ1n) is 6.99. The van der Waals surface area contributed by atoms with E-state index in [1.165, 1.54) is 6.42 Å². The maximum atomic E-state index is 12.3. The molecule has 0 saturated carbocycles. The topological polar surface area (TPSA) is 64.3 Å². The SMILES string of the molecule is Cc1[nH]ncc1C(=O)N1CCN(C2CCNC2)CC1. The molecule has 6 heteroatoms. The first-order chi connectivity index (χ1) is 9.25. The van der Waals surface area contributed by atoms with Crippen LogP contribution in [-0.4, -0.2) is 71.2 Å². The molecule has 104 valence electrons. The average Bonchev–Trinajstić information content (AvgIpc) is 3.09. The zero-order valence-corrected chi connectivity index (χ0v) is 11.4. The maximum Gasteiger partial charge on any atom is 0.257 e. The molecule has 1 unspecified atom stereocenters. The number of aryl methyl sites for hydroxylation is 1. The van der Waals surface area contributed by atoms with Crippen LogP contribution in [0.4, 0.5) is 0 Å². The van der Waals surface area contributed by atoms with Gasteiger partial charge >= 0.3 is 0 Å². The van der Waals surface area contributed by atoms with Crippen LogP contribution >= 0.6 is 0 Å². The normalized spacial score (nSPS) is 24.9. The number of aromatic amines is 1. The van der Waals surface area contributed by atoms with Gasteiger partial charge in [0.2, 0.25) is 0 Å². The Bertz CT molecular complexity index is 444. The van der Waals surface area contributed by atoms with Gasteiger partial charge in [0, 0.05) is 44.5 Å². The summed E-state index contributed by atoms with van der Waals surface area (Å²) in [5.74, 6) is 0.107. The number of nitrogens with one attached hydrogen (secondary N) is 2. The molecular weight excluding hydrogens is 242 g/mol. The predicted octanol–water partition coefficient (Wildman–Crippen LogP) is -0.162. The zero-order valence-electron chi connectivity index (χ0n) is 11.4. The lowest BCUT2D eigenvalue weighted by Gasteiger charge is -2.37. The summed E-state index contributed by atoms with van der Waals surface area (Å²) in [5.41, 5.74) is 1.56. The molecular formula is C13H21N5O. The van der Waals surface area contributed by atoms with Crippen LogP contribution in [0.15, 0.2) is 6.20 Å². The fourth-order valence-electron chi connectivity index (χ4n) is 2.98. The molecule has 1 atom stereocenters. The Morgan fingerprint density at radius 1 is 1.37 bits per heavy atom. The van der Waals surface area contributed by atoms with E-state index in [-0.39, 0.29) is 5.91 Å². The molecule has 2 fully saturated rings. The van der Waals surface area contributed by atoms with Gasteiger partial charge in [0.05, 0.1) is 11.8 Å². The summed E-state index contributed by atoms with van der Waals surface area (Å²) < 4.78 is 0. The Labute approximate surface area is 113 Å². The minimum Gasteiger partial charge on any atom is -0.336 e. The number of amides is 1. The molecule has 1 aromatic heterocycles. The molecule has 2 aliphatic heterocycles. The lowest BCUT2D eigenvalue weighted by molar-refractivity contribution is 0.0583. The van der Waals surface area contributed by atoms with Crippen molar-refractivity contribution in [3.05, 3.63) is 17.5 Å². The van der Waals surface area contributed by atoms with Crippen molar-refractivity contribution in [1.82, 2.24) is 25.3 Å². The van der Waals surface area contributed by atoms with E-state index < -0.39 is 0 Å². The highest BCUT2D eigenvalue weighted by atomic mass is 16.2. The molecule has 0 aliphatic carbocycles. The maximum absolute atomic E-state index is 12.3. The smallest absolute Gasteiger partial charge is 0.257 e. The molecule has 0 radical (unpaired) electrons. The van der Waals surface area contributed by atoms with Crippen LogP contribution in [0.2, 0.25) is 0 Å². The van der Waals surface area contributed by atoms with Crippen LogP contribution in [-0.2, 0) is 0 Å². The van der Waals surface area contributed by atoms with Crippen molar-refractivity contribution in [2.45, 2.75) is 19.4 Å². The third-order valence-electron chi connectivity index (χ3n) is 4.21. The van der Waals surface area contributed by atoms with Gasteiger partial charge in [-0.3, -0.25) is 14.8 Å². The van der Waals surface area contributed by atoms with Gasteiger partial charge < -0.3 is 10.2 Å². The van der Waals surface area contributed by atoms with Crippen LogP contribution < -0.4 is 5.32 Å². The van der Waals surface area contributed by atoms with Crippen LogP contribution in [0.3, 0.4) is 0 Å². The largest absolute Gasteiger partial charge is 0.336 e. The second kappa shape index (κ2) is 5.30. The standard InChI is InChI=1S/C13H21N5O/c1-10-12(9-15-16-10)13(19)18-6-4-17(5-7-18)11-2-3-14-8-11/h9,11,14H,2-8H2,1H3,(H,15,16). The van der Waals surface area contributed by atoms with Crippen molar-refractivity contribution in [2.75, 3.05) is 39.3 Å². The molecule has 0 aromatic carbocycles. The zero-order chi connectivity index (χ0) is 13.2. The Morgan fingerprint density at radius 2 is 2.16 bits per heavy atom. The number of H-pyrrole nitrogens is 1. The van der Waals surface area contributed by atoms with E-state index in [9.17, 15) is 4.79 Å². The highest BCUT2D eigenvalue weighted by Crippen LogP contribution is 2.14. The molecule has 2 aliphatic rings. The van der Waals surface area contributed by atoms with E-state index in [0.717, 1.165) is 45.0 Å². The fourth-order valence-corrected chi connectivity index (χ4v) is 2.98. The average molecular weight is 263 g/mol. The minimum atomic E-state index is 0.107. The number of hydrogen-bond acceptors (Lipinski definition) is 4. The van der Waals surface area contributed by atoms with Gasteiger partial charge in [0.25, 0.3) is 5.91 Å². The summed E-state index contributed by atoms with van der Waals surface area (Å²) in [6.07, 6.45) is 2.86. The number of piperazine rings is 1. The van der Waals surface area contributed by atoms with Gasteiger partial charge in [-0.05, 0) is 19.9 Å². The van der Waals surface area contributed by atoms with Crippen LogP contribution in [0, 0.1) is 6.92 Å². The first kappa shape index (κ1) is 12.6. The lowest BCUT2D eigenvalue weighted by Crippen LogP contribution is -2.52. The quantitative estimate of drug-likeness (QED) is 0.778. The number of carbonyl (C=O) groups is 1. The van der Waals surface area contributed by atoms with E-state index in [1.807, 2.05) is 11.8 Å². The molecule has 3 heterocycles. The summed E-state index contributed by atoms with van der Waals surface area (Å²) in [6, 6.07) is 0.660. The van der Waals surface area contributed by atoms with Crippen molar-refractivity contribution in [3.63, 3.8) is 0 Å².